The smallest absolute Gasteiger partial charge is 0.345 e. The fourth-order valence-electron chi connectivity index (χ4n) is 2.25. The molecule has 0 unspecified atom stereocenters. The minimum absolute atomic E-state index is 0.0316. The van der Waals surface area contributed by atoms with Gasteiger partial charge in [-0.3, -0.25) is 0 Å². The molecule has 0 saturated carbocycles. The van der Waals surface area contributed by atoms with E-state index in [9.17, 15) is 9.90 Å². The summed E-state index contributed by atoms with van der Waals surface area (Å²) in [5.74, 6) is -0.907. The van der Waals surface area contributed by atoms with Crippen molar-refractivity contribution < 1.29 is 19.4 Å². The van der Waals surface area contributed by atoms with E-state index in [0.29, 0.717) is 12.1 Å². The van der Waals surface area contributed by atoms with Gasteiger partial charge in [0, 0.05) is 17.8 Å². The average molecular weight is 316 g/mol. The summed E-state index contributed by atoms with van der Waals surface area (Å²) < 4.78 is 10.7. The number of aromatic nitrogens is 1. The molecule has 2 aromatic rings. The van der Waals surface area contributed by atoms with Gasteiger partial charge in [0.1, 0.15) is 12.4 Å². The number of carbonyl (C=O) groups is 1. The van der Waals surface area contributed by atoms with Gasteiger partial charge in [0.15, 0.2) is 5.56 Å². The average Bonchev–Trinajstić information content (AvgIpc) is 2.52. The van der Waals surface area contributed by atoms with E-state index in [0.717, 1.165) is 5.56 Å². The van der Waals surface area contributed by atoms with Crippen molar-refractivity contribution in [2.75, 3.05) is 13.7 Å². The minimum atomic E-state index is -1.15. The summed E-state index contributed by atoms with van der Waals surface area (Å²) in [5, 5.41) is 9.34. The minimum Gasteiger partial charge on any atom is -0.491 e. The summed E-state index contributed by atoms with van der Waals surface area (Å²) in [6, 6.07) is 11.1. The zero-order chi connectivity index (χ0) is 16.8. The highest BCUT2D eigenvalue weighted by atomic mass is 16.5. The Labute approximate surface area is 134 Å². The quantitative estimate of drug-likeness (QED) is 0.812. The lowest BCUT2D eigenvalue weighted by atomic mass is 10.1. The molecule has 6 nitrogen and oxygen atoms in total. The van der Waals surface area contributed by atoms with E-state index in [-0.39, 0.29) is 29.8 Å². The Kier molecular flexibility index (Phi) is 5.54. The molecular weight excluding hydrogens is 296 g/mol. The largest absolute Gasteiger partial charge is 0.491 e. The summed E-state index contributed by atoms with van der Waals surface area (Å²) in [7, 11) is 1.37. The molecule has 23 heavy (non-hydrogen) atoms. The molecule has 0 amide bonds. The second-order valence-electron chi connectivity index (χ2n) is 5.21. The molecule has 6 heteroatoms. The maximum atomic E-state index is 11.4. The van der Waals surface area contributed by atoms with Crippen LogP contribution in [-0.4, -0.2) is 35.8 Å². The molecule has 0 fully saturated rings. The number of nitrogens with two attached hydrogens (primary N) is 1. The van der Waals surface area contributed by atoms with E-state index in [4.69, 9.17) is 15.2 Å². The van der Waals surface area contributed by atoms with Crippen LogP contribution in [0, 0.1) is 6.92 Å². The van der Waals surface area contributed by atoms with E-state index < -0.39 is 5.97 Å². The summed E-state index contributed by atoms with van der Waals surface area (Å²) in [6.45, 7) is 1.94. The van der Waals surface area contributed by atoms with Crippen molar-refractivity contribution in [3.8, 4) is 11.6 Å². The molecule has 1 aromatic heterocycles. The number of aromatic carboxylic acids is 1. The van der Waals surface area contributed by atoms with Crippen LogP contribution in [-0.2, 0) is 6.42 Å². The molecule has 0 bridgehead atoms. The normalized spacial score (nSPS) is 11.8. The zero-order valence-electron chi connectivity index (χ0n) is 13.2. The van der Waals surface area contributed by atoms with E-state index in [1.54, 1.807) is 13.0 Å². The van der Waals surface area contributed by atoms with Gasteiger partial charge in [-0.05, 0) is 18.9 Å². The van der Waals surface area contributed by atoms with Crippen LogP contribution in [0.3, 0.4) is 0 Å². The molecule has 3 N–H and O–H groups in total. The number of aryl methyl sites for hydroxylation is 1. The SMILES string of the molecule is COc1nc(C)cc(OC[C@H](N)Cc2ccccc2)c1C(=O)O. The number of pyridine rings is 1. The van der Waals surface area contributed by atoms with Crippen LogP contribution in [0.15, 0.2) is 36.4 Å². The van der Waals surface area contributed by atoms with Crippen LogP contribution >= 0.6 is 0 Å². The van der Waals surface area contributed by atoms with Crippen molar-refractivity contribution in [1.82, 2.24) is 4.98 Å². The predicted octanol–water partition coefficient (Wildman–Crippen LogP) is 2.05. The number of carboxylic acids is 1. The highest BCUT2D eigenvalue weighted by Gasteiger charge is 2.21. The van der Waals surface area contributed by atoms with Gasteiger partial charge < -0.3 is 20.3 Å². The van der Waals surface area contributed by atoms with Crippen molar-refractivity contribution in [3.05, 3.63) is 53.2 Å². The highest BCUT2D eigenvalue weighted by molar-refractivity contribution is 5.93. The van der Waals surface area contributed by atoms with Gasteiger partial charge >= 0.3 is 5.97 Å². The molecule has 0 saturated heterocycles. The van der Waals surface area contributed by atoms with Gasteiger partial charge in [-0.1, -0.05) is 30.3 Å². The summed E-state index contributed by atoms with van der Waals surface area (Å²) >= 11 is 0. The summed E-state index contributed by atoms with van der Waals surface area (Å²) in [5.41, 5.74) is 7.69. The van der Waals surface area contributed by atoms with Crippen LogP contribution < -0.4 is 15.2 Å². The van der Waals surface area contributed by atoms with Gasteiger partial charge in [-0.2, -0.15) is 0 Å². The Bertz CT molecular complexity index is 674. The lowest BCUT2D eigenvalue weighted by Gasteiger charge is -2.16. The predicted molar refractivity (Wildman–Crippen MR) is 86.1 cm³/mol. The van der Waals surface area contributed by atoms with Crippen LogP contribution in [0.4, 0.5) is 0 Å². The number of rotatable bonds is 7. The number of hydrogen-bond donors (Lipinski definition) is 2. The number of benzene rings is 1. The Balaban J connectivity index is 2.10. The Morgan fingerprint density at radius 1 is 1.35 bits per heavy atom. The first-order valence-electron chi connectivity index (χ1n) is 7.22. The zero-order valence-corrected chi connectivity index (χ0v) is 13.2. The fraction of sp³-hybridized carbons (Fsp3) is 0.294. The Morgan fingerprint density at radius 3 is 2.65 bits per heavy atom. The highest BCUT2D eigenvalue weighted by Crippen LogP contribution is 2.28. The molecule has 122 valence electrons. The molecule has 2 rings (SSSR count). The topological polar surface area (TPSA) is 94.7 Å². The van der Waals surface area contributed by atoms with Gasteiger partial charge in [-0.25, -0.2) is 9.78 Å². The molecule has 1 aromatic carbocycles. The second-order valence-corrected chi connectivity index (χ2v) is 5.21. The van der Waals surface area contributed by atoms with Crippen molar-refractivity contribution in [1.29, 1.82) is 0 Å². The standard InChI is InChI=1S/C17H20N2O4/c1-11-8-14(15(17(20)21)16(19-11)22-2)23-10-13(18)9-12-6-4-3-5-7-12/h3-8,13H,9-10,18H2,1-2H3,(H,20,21)/t13-/m1/s1. The number of nitrogens with zero attached hydrogens (tertiary/aromatic N) is 1. The summed E-state index contributed by atoms with van der Waals surface area (Å²) in [6.07, 6.45) is 0.643. The molecule has 0 spiro atoms. The van der Waals surface area contributed by atoms with Gasteiger partial charge in [0.05, 0.1) is 7.11 Å². The van der Waals surface area contributed by atoms with E-state index in [1.165, 1.54) is 7.11 Å². The molecule has 0 aliphatic carbocycles. The molecular formula is C17H20N2O4. The molecule has 0 aliphatic heterocycles. The van der Waals surface area contributed by atoms with Crippen LogP contribution in [0.5, 0.6) is 11.6 Å². The maximum Gasteiger partial charge on any atom is 0.345 e. The maximum absolute atomic E-state index is 11.4. The number of methoxy groups -OCH3 is 1. The Morgan fingerprint density at radius 2 is 2.04 bits per heavy atom. The molecule has 1 heterocycles. The van der Waals surface area contributed by atoms with Gasteiger partial charge in [0.2, 0.25) is 5.88 Å². The third kappa shape index (κ3) is 4.43. The van der Waals surface area contributed by atoms with Crippen molar-refractivity contribution in [2.45, 2.75) is 19.4 Å². The van der Waals surface area contributed by atoms with Gasteiger partial charge in [0.25, 0.3) is 0 Å². The lowest BCUT2D eigenvalue weighted by molar-refractivity contribution is 0.0687. The first kappa shape index (κ1) is 16.8. The van der Waals surface area contributed by atoms with Gasteiger partial charge in [-0.15, -0.1) is 0 Å². The second kappa shape index (κ2) is 7.60. The first-order valence-corrected chi connectivity index (χ1v) is 7.22. The van der Waals surface area contributed by atoms with E-state index in [1.807, 2.05) is 30.3 Å². The van der Waals surface area contributed by atoms with Crippen LogP contribution in [0.1, 0.15) is 21.6 Å². The Hall–Kier alpha value is -2.60. The van der Waals surface area contributed by atoms with E-state index in [2.05, 4.69) is 4.98 Å². The third-order valence-electron chi connectivity index (χ3n) is 3.28. The van der Waals surface area contributed by atoms with Crippen LogP contribution in [0.2, 0.25) is 0 Å². The lowest BCUT2D eigenvalue weighted by Crippen LogP contribution is -2.30. The third-order valence-corrected chi connectivity index (χ3v) is 3.28. The van der Waals surface area contributed by atoms with Crippen molar-refractivity contribution >= 4 is 5.97 Å². The summed E-state index contributed by atoms with van der Waals surface area (Å²) in [4.78, 5) is 15.5. The van der Waals surface area contributed by atoms with E-state index >= 15 is 0 Å². The first-order chi connectivity index (χ1) is 11.0. The molecule has 1 atom stereocenters. The number of hydrogen-bond acceptors (Lipinski definition) is 5. The number of carboxylic acid groups (broad SMARTS) is 1. The number of ether oxygens (including phenoxy) is 2. The fourth-order valence-corrected chi connectivity index (χ4v) is 2.25. The monoisotopic (exact) mass is 316 g/mol. The van der Waals surface area contributed by atoms with Crippen molar-refractivity contribution in [3.63, 3.8) is 0 Å². The van der Waals surface area contributed by atoms with Crippen LogP contribution in [0.25, 0.3) is 0 Å². The molecule has 0 radical (unpaired) electrons. The van der Waals surface area contributed by atoms with Crippen molar-refractivity contribution in [2.24, 2.45) is 5.73 Å². The molecule has 0 aliphatic rings.